The number of carbonyl (C=O) groups is 1. The molecule has 1 unspecified atom stereocenters. The summed E-state index contributed by atoms with van der Waals surface area (Å²) in [4.78, 5) is 16.6. The Kier molecular flexibility index (Phi) is 6.05. The van der Waals surface area contributed by atoms with E-state index in [2.05, 4.69) is 4.99 Å². The first-order valence-electron chi connectivity index (χ1n) is 9.72. The van der Waals surface area contributed by atoms with E-state index >= 15 is 0 Å². The van der Waals surface area contributed by atoms with Crippen molar-refractivity contribution >= 4 is 29.5 Å². The van der Waals surface area contributed by atoms with E-state index in [1.165, 1.54) is 0 Å². The minimum Gasteiger partial charge on any atom is -0.493 e. The third-order valence-electron chi connectivity index (χ3n) is 4.79. The van der Waals surface area contributed by atoms with Gasteiger partial charge in [0.15, 0.2) is 17.2 Å². The molecule has 1 aliphatic heterocycles. The Labute approximate surface area is 185 Å². The van der Waals surface area contributed by atoms with Crippen LogP contribution in [0.5, 0.6) is 11.5 Å². The number of esters is 1. The molecule has 0 saturated carbocycles. The molecule has 0 saturated heterocycles. The SMILES string of the molecule is COc1cc(C=C2N=C(c3ccccc3Cl)OC2=O)ccc1OC(C)c1ccccc1. The van der Waals surface area contributed by atoms with Crippen LogP contribution in [0, 0.1) is 0 Å². The van der Waals surface area contributed by atoms with Crippen molar-refractivity contribution in [3.8, 4) is 11.5 Å². The molecule has 6 heteroatoms. The second-order valence-electron chi connectivity index (χ2n) is 6.90. The van der Waals surface area contributed by atoms with E-state index in [1.807, 2.05) is 49.4 Å². The van der Waals surface area contributed by atoms with E-state index in [-0.39, 0.29) is 17.7 Å². The van der Waals surface area contributed by atoms with Crippen LogP contribution < -0.4 is 9.47 Å². The highest BCUT2D eigenvalue weighted by molar-refractivity contribution is 6.34. The summed E-state index contributed by atoms with van der Waals surface area (Å²) in [6.07, 6.45) is 1.49. The zero-order valence-corrected chi connectivity index (χ0v) is 17.8. The molecule has 0 fully saturated rings. The maximum Gasteiger partial charge on any atom is 0.363 e. The summed E-state index contributed by atoms with van der Waals surface area (Å²) in [7, 11) is 1.57. The molecular formula is C25H20ClNO4. The average Bonchev–Trinajstić information content (AvgIpc) is 3.15. The predicted molar refractivity (Wildman–Crippen MR) is 121 cm³/mol. The summed E-state index contributed by atoms with van der Waals surface area (Å²) in [6.45, 7) is 1.98. The largest absolute Gasteiger partial charge is 0.493 e. The molecule has 0 aliphatic carbocycles. The maximum absolute atomic E-state index is 12.3. The van der Waals surface area contributed by atoms with Crippen LogP contribution in [0.3, 0.4) is 0 Å². The summed E-state index contributed by atoms with van der Waals surface area (Å²) in [5, 5.41) is 0.464. The van der Waals surface area contributed by atoms with Crippen molar-refractivity contribution in [2.45, 2.75) is 13.0 Å². The molecule has 156 valence electrons. The maximum atomic E-state index is 12.3. The topological polar surface area (TPSA) is 57.1 Å². The Morgan fingerprint density at radius 3 is 2.48 bits per heavy atom. The molecule has 1 aliphatic rings. The number of hydrogen-bond acceptors (Lipinski definition) is 5. The molecule has 0 bridgehead atoms. The Bertz CT molecular complexity index is 1170. The minimum atomic E-state index is -0.535. The van der Waals surface area contributed by atoms with Gasteiger partial charge in [0, 0.05) is 0 Å². The molecule has 0 aromatic heterocycles. The number of aliphatic imine (C=N–C) groups is 1. The van der Waals surface area contributed by atoms with Gasteiger partial charge in [-0.1, -0.05) is 60.1 Å². The molecule has 0 spiro atoms. The van der Waals surface area contributed by atoms with Crippen LogP contribution in [0.2, 0.25) is 5.02 Å². The first-order chi connectivity index (χ1) is 15.0. The second kappa shape index (κ2) is 9.06. The van der Waals surface area contributed by atoms with E-state index in [9.17, 15) is 4.79 Å². The lowest BCUT2D eigenvalue weighted by Gasteiger charge is -2.17. The van der Waals surface area contributed by atoms with Crippen LogP contribution in [0.4, 0.5) is 0 Å². The Morgan fingerprint density at radius 1 is 1.00 bits per heavy atom. The second-order valence-corrected chi connectivity index (χ2v) is 7.30. The van der Waals surface area contributed by atoms with Gasteiger partial charge < -0.3 is 14.2 Å². The van der Waals surface area contributed by atoms with Gasteiger partial charge in [-0.3, -0.25) is 0 Å². The van der Waals surface area contributed by atoms with Crippen LogP contribution in [0.15, 0.2) is 83.5 Å². The van der Waals surface area contributed by atoms with Gasteiger partial charge >= 0.3 is 5.97 Å². The lowest BCUT2D eigenvalue weighted by molar-refractivity contribution is -0.129. The van der Waals surface area contributed by atoms with E-state index < -0.39 is 5.97 Å². The number of benzene rings is 3. The number of hydrogen-bond donors (Lipinski definition) is 0. The number of halogens is 1. The van der Waals surface area contributed by atoms with E-state index in [0.717, 1.165) is 11.1 Å². The van der Waals surface area contributed by atoms with Gasteiger partial charge in [0.2, 0.25) is 5.90 Å². The summed E-state index contributed by atoms with van der Waals surface area (Å²) in [5.41, 5.74) is 2.54. The highest BCUT2D eigenvalue weighted by Gasteiger charge is 2.25. The summed E-state index contributed by atoms with van der Waals surface area (Å²) < 4.78 is 16.9. The summed E-state index contributed by atoms with van der Waals surface area (Å²) >= 11 is 6.18. The lowest BCUT2D eigenvalue weighted by atomic mass is 10.1. The van der Waals surface area contributed by atoms with Crippen molar-refractivity contribution in [1.82, 2.24) is 0 Å². The minimum absolute atomic E-state index is 0.146. The van der Waals surface area contributed by atoms with Crippen LogP contribution in [0.25, 0.3) is 6.08 Å². The molecule has 0 N–H and O–H groups in total. The highest BCUT2D eigenvalue weighted by atomic mass is 35.5. The number of rotatable bonds is 6. The third kappa shape index (κ3) is 4.62. The van der Waals surface area contributed by atoms with Crippen molar-refractivity contribution < 1.29 is 19.0 Å². The quantitative estimate of drug-likeness (QED) is 0.362. The lowest BCUT2D eigenvalue weighted by Crippen LogP contribution is -2.05. The van der Waals surface area contributed by atoms with Crippen molar-refractivity contribution in [2.24, 2.45) is 4.99 Å². The van der Waals surface area contributed by atoms with Crippen LogP contribution in [-0.4, -0.2) is 19.0 Å². The van der Waals surface area contributed by atoms with Gasteiger partial charge in [-0.15, -0.1) is 0 Å². The number of methoxy groups -OCH3 is 1. The number of nitrogens with zero attached hydrogens (tertiary/aromatic N) is 1. The molecule has 4 rings (SSSR count). The molecule has 3 aromatic rings. The van der Waals surface area contributed by atoms with Crippen LogP contribution in [-0.2, 0) is 9.53 Å². The number of carbonyl (C=O) groups excluding carboxylic acids is 1. The van der Waals surface area contributed by atoms with Gasteiger partial charge in [-0.25, -0.2) is 9.79 Å². The molecular weight excluding hydrogens is 414 g/mol. The van der Waals surface area contributed by atoms with Crippen molar-refractivity contribution in [3.63, 3.8) is 0 Å². The highest BCUT2D eigenvalue weighted by Crippen LogP contribution is 2.33. The van der Waals surface area contributed by atoms with Gasteiger partial charge in [0.05, 0.1) is 17.7 Å². The number of cyclic esters (lactones) is 1. The average molecular weight is 434 g/mol. The van der Waals surface area contributed by atoms with E-state index in [1.54, 1.807) is 43.5 Å². The molecule has 31 heavy (non-hydrogen) atoms. The Balaban J connectivity index is 1.58. The molecule has 5 nitrogen and oxygen atoms in total. The summed E-state index contributed by atoms with van der Waals surface area (Å²) in [5.74, 6) is 0.812. The third-order valence-corrected chi connectivity index (χ3v) is 5.12. The zero-order valence-electron chi connectivity index (χ0n) is 17.0. The predicted octanol–water partition coefficient (Wildman–Crippen LogP) is 5.83. The molecule has 1 atom stereocenters. The van der Waals surface area contributed by atoms with Crippen LogP contribution in [0.1, 0.15) is 29.7 Å². The van der Waals surface area contributed by atoms with Gasteiger partial charge in [0.25, 0.3) is 0 Å². The fourth-order valence-corrected chi connectivity index (χ4v) is 3.39. The first-order valence-corrected chi connectivity index (χ1v) is 10.1. The van der Waals surface area contributed by atoms with Crippen molar-refractivity contribution in [1.29, 1.82) is 0 Å². The van der Waals surface area contributed by atoms with Gasteiger partial charge in [-0.05, 0) is 48.4 Å². The van der Waals surface area contributed by atoms with Gasteiger partial charge in [0.1, 0.15) is 6.10 Å². The molecule has 1 heterocycles. The molecule has 0 radical (unpaired) electrons. The fraction of sp³-hybridized carbons (Fsp3) is 0.120. The van der Waals surface area contributed by atoms with E-state index in [4.69, 9.17) is 25.8 Å². The van der Waals surface area contributed by atoms with Crippen molar-refractivity contribution in [2.75, 3.05) is 7.11 Å². The normalized spacial score (nSPS) is 15.4. The smallest absolute Gasteiger partial charge is 0.363 e. The first kappa shape index (κ1) is 20.7. The standard InChI is InChI=1S/C25H20ClNO4/c1-16(18-8-4-3-5-9-18)30-22-13-12-17(15-23(22)29-2)14-21-25(28)31-24(27-21)19-10-6-7-11-20(19)26/h3-16H,1-2H3. The van der Waals surface area contributed by atoms with Gasteiger partial charge in [-0.2, -0.15) is 0 Å². The van der Waals surface area contributed by atoms with Crippen molar-refractivity contribution in [3.05, 3.63) is 100 Å². The summed E-state index contributed by atoms with van der Waals surface area (Å²) in [6, 6.07) is 22.4. The molecule has 3 aromatic carbocycles. The monoisotopic (exact) mass is 433 g/mol. The Morgan fingerprint density at radius 2 is 1.74 bits per heavy atom. The fourth-order valence-electron chi connectivity index (χ4n) is 3.17. The molecule has 0 amide bonds. The van der Waals surface area contributed by atoms with E-state index in [0.29, 0.717) is 22.1 Å². The number of ether oxygens (including phenoxy) is 3. The van der Waals surface area contributed by atoms with Crippen LogP contribution >= 0.6 is 11.6 Å². The Hall–Kier alpha value is -3.57. The zero-order chi connectivity index (χ0) is 21.8.